The minimum absolute atomic E-state index is 0.147. The number of carbonyl (C=O) groups is 1. The highest BCUT2D eigenvalue weighted by Crippen LogP contribution is 2.29. The maximum atomic E-state index is 12.3. The summed E-state index contributed by atoms with van der Waals surface area (Å²) in [4.78, 5) is 30.2. The number of carbonyl (C=O) groups excluding carboxylic acids is 1. The van der Waals surface area contributed by atoms with Gasteiger partial charge in [0.25, 0.3) is 11.5 Å². The van der Waals surface area contributed by atoms with E-state index >= 15 is 0 Å². The molecule has 0 spiro atoms. The summed E-state index contributed by atoms with van der Waals surface area (Å²) >= 11 is 1.70. The number of amides is 1. The van der Waals surface area contributed by atoms with Crippen LogP contribution in [0.2, 0.25) is 0 Å². The van der Waals surface area contributed by atoms with Gasteiger partial charge >= 0.3 is 0 Å². The Morgan fingerprint density at radius 1 is 1.43 bits per heavy atom. The molecule has 0 saturated heterocycles. The lowest BCUT2D eigenvalue weighted by atomic mass is 10.0. The molecule has 0 saturated carbocycles. The molecule has 0 aliphatic heterocycles. The fourth-order valence-corrected chi connectivity index (χ4v) is 3.97. The fraction of sp³-hybridized carbons (Fsp3) is 0.471. The first kappa shape index (κ1) is 15.9. The molecule has 6 heteroatoms. The number of hydrogen-bond donors (Lipinski definition) is 1. The van der Waals surface area contributed by atoms with Gasteiger partial charge in [0.05, 0.1) is 11.7 Å². The lowest BCUT2D eigenvalue weighted by molar-refractivity contribution is 0.0939. The van der Waals surface area contributed by atoms with Crippen LogP contribution in [-0.2, 0) is 19.4 Å². The molecule has 5 nitrogen and oxygen atoms in total. The average Bonchev–Trinajstić information content (AvgIpc) is 2.99. The zero-order valence-corrected chi connectivity index (χ0v) is 14.3. The van der Waals surface area contributed by atoms with Crippen LogP contribution in [0.4, 0.5) is 0 Å². The van der Waals surface area contributed by atoms with Gasteiger partial charge in [-0.25, -0.2) is 4.98 Å². The third kappa shape index (κ3) is 3.37. The number of aryl methyl sites for hydroxylation is 3. The molecule has 1 aliphatic rings. The SMILES string of the molecule is CCn1ccc(C(=O)NC(C)c2nc3c(s2)CCCC3)cc1=O. The van der Waals surface area contributed by atoms with Crippen LogP contribution in [0.1, 0.15) is 58.7 Å². The second-order valence-electron chi connectivity index (χ2n) is 5.86. The van der Waals surface area contributed by atoms with Gasteiger partial charge in [0.2, 0.25) is 0 Å². The molecule has 2 aromatic heterocycles. The molecule has 0 fully saturated rings. The van der Waals surface area contributed by atoms with Gasteiger partial charge in [0.1, 0.15) is 5.01 Å². The molecule has 0 aromatic carbocycles. The van der Waals surface area contributed by atoms with Crippen LogP contribution in [0.3, 0.4) is 0 Å². The Morgan fingerprint density at radius 3 is 2.91 bits per heavy atom. The van der Waals surface area contributed by atoms with E-state index in [9.17, 15) is 9.59 Å². The smallest absolute Gasteiger partial charge is 0.252 e. The van der Waals surface area contributed by atoms with E-state index in [4.69, 9.17) is 0 Å². The molecule has 1 atom stereocenters. The van der Waals surface area contributed by atoms with Gasteiger partial charge in [0.15, 0.2) is 0 Å². The molecule has 3 rings (SSSR count). The molecule has 1 unspecified atom stereocenters. The van der Waals surface area contributed by atoms with Crippen molar-refractivity contribution in [3.05, 3.63) is 49.8 Å². The van der Waals surface area contributed by atoms with Crippen LogP contribution in [0, 0.1) is 0 Å². The fourth-order valence-electron chi connectivity index (χ4n) is 2.81. The van der Waals surface area contributed by atoms with Crippen molar-refractivity contribution in [3.8, 4) is 0 Å². The van der Waals surface area contributed by atoms with Crippen molar-refractivity contribution in [3.63, 3.8) is 0 Å². The summed E-state index contributed by atoms with van der Waals surface area (Å²) in [7, 11) is 0. The lowest BCUT2D eigenvalue weighted by Gasteiger charge is -2.11. The van der Waals surface area contributed by atoms with E-state index in [1.807, 2.05) is 13.8 Å². The Kier molecular flexibility index (Phi) is 4.61. The molecule has 23 heavy (non-hydrogen) atoms. The van der Waals surface area contributed by atoms with Crippen molar-refractivity contribution < 1.29 is 4.79 Å². The first-order chi connectivity index (χ1) is 11.1. The van der Waals surface area contributed by atoms with Gasteiger partial charge < -0.3 is 9.88 Å². The van der Waals surface area contributed by atoms with Crippen LogP contribution in [0.5, 0.6) is 0 Å². The number of fused-ring (bicyclic) bond motifs is 1. The quantitative estimate of drug-likeness (QED) is 0.937. The Morgan fingerprint density at radius 2 is 2.22 bits per heavy atom. The average molecular weight is 331 g/mol. The molecular formula is C17H21N3O2S. The molecule has 122 valence electrons. The lowest BCUT2D eigenvalue weighted by Crippen LogP contribution is -2.28. The van der Waals surface area contributed by atoms with E-state index in [0.29, 0.717) is 12.1 Å². The summed E-state index contributed by atoms with van der Waals surface area (Å²) in [6, 6.07) is 2.92. The molecule has 2 aromatic rings. The van der Waals surface area contributed by atoms with E-state index in [1.165, 1.54) is 29.5 Å². The van der Waals surface area contributed by atoms with E-state index < -0.39 is 0 Å². The Hall–Kier alpha value is -1.95. The highest BCUT2D eigenvalue weighted by molar-refractivity contribution is 7.11. The maximum absolute atomic E-state index is 12.3. The second-order valence-corrected chi connectivity index (χ2v) is 6.98. The van der Waals surface area contributed by atoms with Crippen molar-refractivity contribution in [1.29, 1.82) is 0 Å². The van der Waals surface area contributed by atoms with Crippen molar-refractivity contribution in [1.82, 2.24) is 14.9 Å². The predicted molar refractivity (Wildman–Crippen MR) is 91.0 cm³/mol. The highest BCUT2D eigenvalue weighted by Gasteiger charge is 2.20. The number of rotatable bonds is 4. The van der Waals surface area contributed by atoms with Crippen molar-refractivity contribution >= 4 is 17.2 Å². The number of hydrogen-bond acceptors (Lipinski definition) is 4. The van der Waals surface area contributed by atoms with E-state index in [0.717, 1.165) is 17.8 Å². The largest absolute Gasteiger partial charge is 0.343 e. The summed E-state index contributed by atoms with van der Waals surface area (Å²) < 4.78 is 1.56. The summed E-state index contributed by atoms with van der Waals surface area (Å²) in [6.45, 7) is 4.44. The Balaban J connectivity index is 1.73. The molecule has 0 radical (unpaired) electrons. The number of aromatic nitrogens is 2. The minimum Gasteiger partial charge on any atom is -0.343 e. The molecule has 1 amide bonds. The van der Waals surface area contributed by atoms with E-state index in [1.54, 1.807) is 28.2 Å². The first-order valence-electron chi connectivity index (χ1n) is 8.08. The van der Waals surface area contributed by atoms with E-state index in [-0.39, 0.29) is 17.5 Å². The number of thiazole rings is 1. The highest BCUT2D eigenvalue weighted by atomic mass is 32.1. The molecule has 1 aliphatic carbocycles. The van der Waals surface area contributed by atoms with E-state index in [2.05, 4.69) is 10.3 Å². The molecular weight excluding hydrogens is 310 g/mol. The standard InChI is InChI=1S/C17H21N3O2S/c1-3-20-9-8-12(10-15(20)21)16(22)18-11(2)17-19-13-6-4-5-7-14(13)23-17/h8-11H,3-7H2,1-2H3,(H,18,22). The number of pyridine rings is 1. The van der Waals surface area contributed by atoms with Crippen LogP contribution in [0.25, 0.3) is 0 Å². The van der Waals surface area contributed by atoms with Gasteiger partial charge in [-0.15, -0.1) is 11.3 Å². The minimum atomic E-state index is -0.231. The first-order valence-corrected chi connectivity index (χ1v) is 8.90. The zero-order valence-electron chi connectivity index (χ0n) is 13.5. The maximum Gasteiger partial charge on any atom is 0.252 e. The van der Waals surface area contributed by atoms with Crippen LogP contribution >= 0.6 is 11.3 Å². The normalized spacial score (nSPS) is 15.0. The van der Waals surface area contributed by atoms with Gasteiger partial charge in [-0.2, -0.15) is 0 Å². The molecule has 1 N–H and O–H groups in total. The van der Waals surface area contributed by atoms with Gasteiger partial charge in [-0.1, -0.05) is 0 Å². The Labute approximate surface area is 139 Å². The van der Waals surface area contributed by atoms with Crippen molar-refractivity contribution in [2.45, 2.75) is 52.1 Å². The molecule has 2 heterocycles. The van der Waals surface area contributed by atoms with Crippen LogP contribution in [-0.4, -0.2) is 15.5 Å². The monoisotopic (exact) mass is 331 g/mol. The van der Waals surface area contributed by atoms with Gasteiger partial charge in [0, 0.05) is 29.2 Å². The molecule has 0 bridgehead atoms. The third-order valence-corrected chi connectivity index (χ3v) is 5.52. The van der Waals surface area contributed by atoms with Crippen molar-refractivity contribution in [2.75, 3.05) is 0 Å². The second kappa shape index (κ2) is 6.66. The number of nitrogens with zero attached hydrogens (tertiary/aromatic N) is 2. The summed E-state index contributed by atoms with van der Waals surface area (Å²) in [5.41, 5.74) is 1.44. The third-order valence-electron chi connectivity index (χ3n) is 4.18. The van der Waals surface area contributed by atoms with Crippen LogP contribution < -0.4 is 10.9 Å². The number of nitrogens with one attached hydrogen (secondary N) is 1. The zero-order chi connectivity index (χ0) is 16.4. The topological polar surface area (TPSA) is 64.0 Å². The van der Waals surface area contributed by atoms with Gasteiger partial charge in [-0.05, 0) is 45.6 Å². The van der Waals surface area contributed by atoms with Gasteiger partial charge in [-0.3, -0.25) is 9.59 Å². The van der Waals surface area contributed by atoms with Crippen LogP contribution in [0.15, 0.2) is 23.1 Å². The summed E-state index contributed by atoms with van der Waals surface area (Å²) in [5, 5.41) is 3.90. The van der Waals surface area contributed by atoms with Crippen molar-refractivity contribution in [2.24, 2.45) is 0 Å². The Bertz CT molecular complexity index is 755. The predicted octanol–water partition coefficient (Wildman–Crippen LogP) is 2.69. The summed E-state index contributed by atoms with van der Waals surface area (Å²) in [5.74, 6) is -0.231. The summed E-state index contributed by atoms with van der Waals surface area (Å²) in [6.07, 6.45) is 6.22.